The number of ether oxygens (including phenoxy) is 2. The highest BCUT2D eigenvalue weighted by Gasteiger charge is 2.28. The largest absolute Gasteiger partial charge is 0.452 e. The molecule has 27 heavy (non-hydrogen) atoms. The lowest BCUT2D eigenvalue weighted by Gasteiger charge is -2.05. The van der Waals surface area contributed by atoms with Gasteiger partial charge in [0.15, 0.2) is 5.76 Å². The zero-order valence-corrected chi connectivity index (χ0v) is 14.3. The van der Waals surface area contributed by atoms with E-state index in [2.05, 4.69) is 4.98 Å². The summed E-state index contributed by atoms with van der Waals surface area (Å²) in [4.78, 5) is 28.5. The number of carbonyl (C=O) groups excluding carboxylic acids is 2. The summed E-state index contributed by atoms with van der Waals surface area (Å²) in [5, 5.41) is 0. The number of aromatic nitrogens is 1. The molecular weight excluding hydrogens is 342 g/mol. The molecule has 1 aliphatic heterocycles. The smallest absolute Gasteiger partial charge is 0.315 e. The normalized spacial score (nSPS) is 13.9. The Morgan fingerprint density at radius 2 is 1.81 bits per heavy atom. The van der Waals surface area contributed by atoms with Gasteiger partial charge in [-0.05, 0) is 41.5 Å². The lowest BCUT2D eigenvalue weighted by Crippen LogP contribution is -2.11. The molecule has 0 fully saturated rings. The molecule has 0 amide bonds. The lowest BCUT2D eigenvalue weighted by molar-refractivity contribution is -0.133. The Hall–Kier alpha value is -3.73. The highest BCUT2D eigenvalue weighted by molar-refractivity contribution is 6.14. The van der Waals surface area contributed by atoms with E-state index in [4.69, 9.17) is 9.47 Å². The molecule has 132 valence electrons. The Labute approximate surface area is 155 Å². The molecular formula is C22H15NO4. The van der Waals surface area contributed by atoms with Crippen molar-refractivity contribution >= 4 is 17.8 Å². The minimum Gasteiger partial charge on any atom is -0.452 e. The average molecular weight is 357 g/mol. The molecule has 0 spiro atoms. The minimum atomic E-state index is -0.377. The molecule has 0 bridgehead atoms. The summed E-state index contributed by atoms with van der Waals surface area (Å²) in [6, 6.07) is 17.7. The van der Waals surface area contributed by atoms with E-state index in [0.29, 0.717) is 17.1 Å². The lowest BCUT2D eigenvalue weighted by atomic mass is 10.1. The van der Waals surface area contributed by atoms with Gasteiger partial charge in [0, 0.05) is 18.5 Å². The van der Waals surface area contributed by atoms with Crippen molar-refractivity contribution < 1.29 is 19.1 Å². The maximum Gasteiger partial charge on any atom is 0.315 e. The molecule has 0 radical (unpaired) electrons. The second kappa shape index (κ2) is 7.25. The monoisotopic (exact) mass is 357 g/mol. The fraction of sp³-hybridized carbons (Fsp3) is 0.0455. The Kier molecular flexibility index (Phi) is 4.49. The molecule has 3 aromatic rings. The van der Waals surface area contributed by atoms with Crippen LogP contribution in [-0.4, -0.2) is 16.7 Å². The molecule has 1 aliphatic rings. The molecule has 1 aromatic heterocycles. The standard InChI is InChI=1S/C22H15NO4/c24-21(13-15-4-2-1-3-5-15)26-17-6-7-18-19(14-17)27-20(22(18)25)12-16-8-10-23-11-9-16/h1-12,14H,13H2/b20-12-. The van der Waals surface area contributed by atoms with E-state index in [1.807, 2.05) is 30.3 Å². The van der Waals surface area contributed by atoms with Crippen molar-refractivity contribution in [2.45, 2.75) is 6.42 Å². The molecule has 0 saturated carbocycles. The van der Waals surface area contributed by atoms with Crippen molar-refractivity contribution in [1.29, 1.82) is 0 Å². The van der Waals surface area contributed by atoms with Gasteiger partial charge in [0.2, 0.25) is 5.78 Å². The summed E-state index contributed by atoms with van der Waals surface area (Å²) in [6.07, 6.45) is 5.11. The average Bonchev–Trinajstić information content (AvgIpc) is 2.98. The molecule has 2 heterocycles. The first-order chi connectivity index (χ1) is 13.2. The number of hydrogen-bond acceptors (Lipinski definition) is 5. The third-order valence-electron chi connectivity index (χ3n) is 4.07. The number of nitrogens with zero attached hydrogens (tertiary/aromatic N) is 1. The van der Waals surface area contributed by atoms with Gasteiger partial charge in [0.1, 0.15) is 11.5 Å². The third-order valence-corrected chi connectivity index (χ3v) is 4.07. The summed E-state index contributed by atoms with van der Waals surface area (Å²) in [5.41, 5.74) is 2.13. The number of pyridine rings is 1. The van der Waals surface area contributed by atoms with Gasteiger partial charge in [-0.1, -0.05) is 30.3 Å². The van der Waals surface area contributed by atoms with Gasteiger partial charge < -0.3 is 9.47 Å². The van der Waals surface area contributed by atoms with E-state index < -0.39 is 0 Å². The topological polar surface area (TPSA) is 65.5 Å². The number of carbonyl (C=O) groups is 2. The second-order valence-corrected chi connectivity index (χ2v) is 6.01. The predicted octanol–water partition coefficient (Wildman–Crippen LogP) is 3.85. The molecule has 0 saturated heterocycles. The molecule has 0 N–H and O–H groups in total. The summed E-state index contributed by atoms with van der Waals surface area (Å²) < 4.78 is 11.0. The van der Waals surface area contributed by atoms with Crippen molar-refractivity contribution in [1.82, 2.24) is 4.98 Å². The van der Waals surface area contributed by atoms with Gasteiger partial charge in [-0.25, -0.2) is 0 Å². The van der Waals surface area contributed by atoms with Crippen LogP contribution in [0.5, 0.6) is 11.5 Å². The molecule has 0 aliphatic carbocycles. The van der Waals surface area contributed by atoms with Gasteiger partial charge in [0.25, 0.3) is 0 Å². The van der Waals surface area contributed by atoms with Crippen LogP contribution in [0.3, 0.4) is 0 Å². The van der Waals surface area contributed by atoms with E-state index in [-0.39, 0.29) is 23.9 Å². The van der Waals surface area contributed by atoms with Crippen LogP contribution < -0.4 is 9.47 Å². The van der Waals surface area contributed by atoms with Gasteiger partial charge in [-0.2, -0.15) is 0 Å². The molecule has 0 unspecified atom stereocenters. The quantitative estimate of drug-likeness (QED) is 0.403. The Bertz CT molecular complexity index is 1030. The van der Waals surface area contributed by atoms with Crippen LogP contribution in [0.4, 0.5) is 0 Å². The van der Waals surface area contributed by atoms with E-state index in [9.17, 15) is 9.59 Å². The molecule has 5 heteroatoms. The maximum atomic E-state index is 12.5. The number of rotatable bonds is 4. The number of fused-ring (bicyclic) bond motifs is 1. The number of Topliss-reactive ketones (excluding diaryl/α,β-unsaturated/α-hetero) is 1. The van der Waals surface area contributed by atoms with E-state index in [0.717, 1.165) is 11.1 Å². The van der Waals surface area contributed by atoms with Crippen LogP contribution in [0.15, 0.2) is 78.8 Å². The van der Waals surface area contributed by atoms with E-state index in [1.54, 1.807) is 48.8 Å². The van der Waals surface area contributed by atoms with Crippen LogP contribution >= 0.6 is 0 Å². The molecule has 4 rings (SSSR count). The summed E-state index contributed by atoms with van der Waals surface area (Å²) in [7, 11) is 0. The van der Waals surface area contributed by atoms with Gasteiger partial charge in [-0.15, -0.1) is 0 Å². The van der Waals surface area contributed by atoms with Crippen molar-refractivity contribution in [3.8, 4) is 11.5 Å². The van der Waals surface area contributed by atoms with Gasteiger partial charge >= 0.3 is 5.97 Å². The maximum absolute atomic E-state index is 12.5. The minimum absolute atomic E-state index is 0.172. The number of esters is 1. The first-order valence-corrected chi connectivity index (χ1v) is 8.42. The predicted molar refractivity (Wildman–Crippen MR) is 99.4 cm³/mol. The fourth-order valence-electron chi connectivity index (χ4n) is 2.77. The zero-order valence-electron chi connectivity index (χ0n) is 14.3. The van der Waals surface area contributed by atoms with E-state index >= 15 is 0 Å². The first-order valence-electron chi connectivity index (χ1n) is 8.42. The molecule has 5 nitrogen and oxygen atoms in total. The number of allylic oxidation sites excluding steroid dienone is 1. The van der Waals surface area contributed by atoms with Crippen LogP contribution in [0.25, 0.3) is 6.08 Å². The zero-order chi connectivity index (χ0) is 18.6. The van der Waals surface area contributed by atoms with Gasteiger partial charge in [-0.3, -0.25) is 14.6 Å². The Morgan fingerprint density at radius 1 is 1.04 bits per heavy atom. The van der Waals surface area contributed by atoms with Crippen molar-refractivity contribution in [3.05, 3.63) is 95.5 Å². The second-order valence-electron chi connectivity index (χ2n) is 6.01. The first kappa shape index (κ1) is 16.7. The molecule has 0 atom stereocenters. The van der Waals surface area contributed by atoms with Crippen LogP contribution in [0.2, 0.25) is 0 Å². The van der Waals surface area contributed by atoms with Crippen LogP contribution in [0.1, 0.15) is 21.5 Å². The Morgan fingerprint density at radius 3 is 2.59 bits per heavy atom. The third kappa shape index (κ3) is 3.77. The highest BCUT2D eigenvalue weighted by Crippen LogP contribution is 2.34. The summed E-state index contributed by atoms with van der Waals surface area (Å²) in [6.45, 7) is 0. The fourth-order valence-corrected chi connectivity index (χ4v) is 2.77. The summed E-state index contributed by atoms with van der Waals surface area (Å²) >= 11 is 0. The van der Waals surface area contributed by atoms with Crippen molar-refractivity contribution in [2.75, 3.05) is 0 Å². The van der Waals surface area contributed by atoms with E-state index in [1.165, 1.54) is 0 Å². The molecule has 2 aromatic carbocycles. The van der Waals surface area contributed by atoms with Crippen molar-refractivity contribution in [2.24, 2.45) is 0 Å². The van der Waals surface area contributed by atoms with Gasteiger partial charge in [0.05, 0.1) is 12.0 Å². The highest BCUT2D eigenvalue weighted by atomic mass is 16.5. The summed E-state index contributed by atoms with van der Waals surface area (Å²) in [5.74, 6) is 0.365. The number of ketones is 1. The van der Waals surface area contributed by atoms with Crippen molar-refractivity contribution in [3.63, 3.8) is 0 Å². The SMILES string of the molecule is O=C(Cc1ccccc1)Oc1ccc2c(c1)O/C(=C\c1ccncc1)C2=O. The van der Waals surface area contributed by atoms with Crippen LogP contribution in [-0.2, 0) is 11.2 Å². The number of benzene rings is 2. The van der Waals surface area contributed by atoms with Crippen LogP contribution in [0, 0.1) is 0 Å². The number of hydrogen-bond donors (Lipinski definition) is 0. The Balaban J connectivity index is 1.49.